The van der Waals surface area contributed by atoms with Gasteiger partial charge in [-0.3, -0.25) is 9.80 Å². The molecule has 2 aliphatic heterocycles. The number of hydrogen-bond donors (Lipinski definition) is 0. The Labute approximate surface area is 149 Å². The molecule has 5 nitrogen and oxygen atoms in total. The Kier molecular flexibility index (Phi) is 6.44. The van der Waals surface area contributed by atoms with E-state index in [1.54, 1.807) is 12.1 Å². The van der Waals surface area contributed by atoms with E-state index in [1.165, 1.54) is 6.07 Å². The van der Waals surface area contributed by atoms with Crippen molar-refractivity contribution in [2.75, 3.05) is 50.9 Å². The molecule has 2 heterocycles. The number of benzene rings is 1. The van der Waals surface area contributed by atoms with Crippen molar-refractivity contribution in [1.82, 2.24) is 9.80 Å². The third-order valence-electron chi connectivity index (χ3n) is 5.02. The minimum atomic E-state index is -2.93. The van der Waals surface area contributed by atoms with E-state index in [0.717, 1.165) is 51.4 Å². The van der Waals surface area contributed by atoms with E-state index in [9.17, 15) is 12.8 Å². The first-order valence-electron chi connectivity index (χ1n) is 9.01. The molecule has 1 aromatic carbocycles. The predicted octanol–water partition coefficient (Wildman–Crippen LogP) is 1.54. The quantitative estimate of drug-likeness (QED) is 0.729. The molecule has 0 bridgehead atoms. The lowest BCUT2D eigenvalue weighted by atomic mass is 10.1. The van der Waals surface area contributed by atoms with E-state index in [1.807, 2.05) is 6.07 Å². The number of halogens is 1. The van der Waals surface area contributed by atoms with Crippen molar-refractivity contribution in [3.8, 4) is 0 Å². The van der Waals surface area contributed by atoms with Gasteiger partial charge in [-0.1, -0.05) is 12.1 Å². The van der Waals surface area contributed by atoms with E-state index >= 15 is 0 Å². The number of ether oxygens (including phenoxy) is 1. The number of nitrogens with zero attached hydrogens (tertiary/aromatic N) is 2. The van der Waals surface area contributed by atoms with E-state index in [4.69, 9.17) is 4.74 Å². The maximum atomic E-state index is 13.5. The summed E-state index contributed by atoms with van der Waals surface area (Å²) in [5.41, 5.74) is 0.899. The molecule has 2 saturated heterocycles. The van der Waals surface area contributed by atoms with Crippen molar-refractivity contribution >= 4 is 9.84 Å². The Morgan fingerprint density at radius 2 is 2.08 bits per heavy atom. The molecule has 0 N–H and O–H groups in total. The zero-order chi connectivity index (χ0) is 17.7. The Morgan fingerprint density at radius 3 is 2.76 bits per heavy atom. The minimum Gasteiger partial charge on any atom is -0.379 e. The van der Waals surface area contributed by atoms with Crippen molar-refractivity contribution in [1.29, 1.82) is 0 Å². The summed E-state index contributed by atoms with van der Waals surface area (Å²) in [6.45, 7) is 5.91. The molecule has 0 unspecified atom stereocenters. The van der Waals surface area contributed by atoms with Gasteiger partial charge >= 0.3 is 0 Å². The largest absolute Gasteiger partial charge is 0.379 e. The summed E-state index contributed by atoms with van der Waals surface area (Å²) in [5, 5.41) is 0. The van der Waals surface area contributed by atoms with Gasteiger partial charge in [0.2, 0.25) is 0 Å². The van der Waals surface area contributed by atoms with Gasteiger partial charge in [-0.2, -0.15) is 0 Å². The zero-order valence-electron chi connectivity index (χ0n) is 14.6. The molecular weight excluding hydrogens is 343 g/mol. The van der Waals surface area contributed by atoms with E-state index in [0.29, 0.717) is 13.0 Å². The van der Waals surface area contributed by atoms with Crippen LogP contribution in [-0.4, -0.2) is 75.2 Å². The number of sulfone groups is 1. The van der Waals surface area contributed by atoms with Gasteiger partial charge in [0.25, 0.3) is 0 Å². The third kappa shape index (κ3) is 5.74. The highest BCUT2D eigenvalue weighted by Gasteiger charge is 2.32. The molecule has 140 valence electrons. The highest BCUT2D eigenvalue weighted by molar-refractivity contribution is 7.91. The molecule has 7 heteroatoms. The maximum Gasteiger partial charge on any atom is 0.151 e. The molecule has 0 radical (unpaired) electrons. The lowest BCUT2D eigenvalue weighted by Crippen LogP contribution is -2.40. The molecule has 1 atom stereocenters. The zero-order valence-corrected chi connectivity index (χ0v) is 15.4. The second-order valence-corrected chi connectivity index (χ2v) is 9.19. The van der Waals surface area contributed by atoms with Crippen LogP contribution in [0.3, 0.4) is 0 Å². The number of hydrogen-bond acceptors (Lipinski definition) is 5. The molecule has 2 fully saturated rings. The van der Waals surface area contributed by atoms with Gasteiger partial charge in [-0.15, -0.1) is 0 Å². The van der Waals surface area contributed by atoms with Crippen LogP contribution >= 0.6 is 0 Å². The standard InChI is InChI=1S/C18H27FN2O3S/c19-17-4-1-3-16(13-17)14-21(18-5-12-25(22,23)15-18)7-2-6-20-8-10-24-11-9-20/h1,3-4,13,18H,2,5-12,14-15H2/t18-/m1/s1. The number of morpholine rings is 1. The summed E-state index contributed by atoms with van der Waals surface area (Å²) in [6.07, 6.45) is 1.65. The van der Waals surface area contributed by atoms with Crippen LogP contribution in [0.25, 0.3) is 0 Å². The fraction of sp³-hybridized carbons (Fsp3) is 0.667. The molecule has 0 amide bonds. The Bertz CT molecular complexity index is 662. The first-order valence-corrected chi connectivity index (χ1v) is 10.8. The van der Waals surface area contributed by atoms with Crippen LogP contribution in [0, 0.1) is 5.82 Å². The molecule has 0 aliphatic carbocycles. The second kappa shape index (κ2) is 8.58. The monoisotopic (exact) mass is 370 g/mol. The van der Waals surface area contributed by atoms with E-state index < -0.39 is 9.84 Å². The molecule has 3 rings (SSSR count). The average molecular weight is 370 g/mol. The smallest absolute Gasteiger partial charge is 0.151 e. The lowest BCUT2D eigenvalue weighted by Gasteiger charge is -2.31. The average Bonchev–Trinajstić information content (AvgIpc) is 2.95. The topological polar surface area (TPSA) is 49.9 Å². The molecule has 1 aromatic rings. The Morgan fingerprint density at radius 1 is 1.28 bits per heavy atom. The van der Waals surface area contributed by atoms with Crippen LogP contribution in [0.5, 0.6) is 0 Å². The van der Waals surface area contributed by atoms with E-state index in [-0.39, 0.29) is 23.4 Å². The van der Waals surface area contributed by atoms with Crippen molar-refractivity contribution in [3.63, 3.8) is 0 Å². The summed E-state index contributed by atoms with van der Waals surface area (Å²) in [7, 11) is -2.93. The fourth-order valence-electron chi connectivity index (χ4n) is 3.65. The summed E-state index contributed by atoms with van der Waals surface area (Å²) in [6, 6.07) is 6.63. The molecular formula is C18H27FN2O3S. The van der Waals surface area contributed by atoms with E-state index in [2.05, 4.69) is 9.80 Å². The van der Waals surface area contributed by atoms with Crippen LogP contribution < -0.4 is 0 Å². The summed E-state index contributed by atoms with van der Waals surface area (Å²) >= 11 is 0. The molecule has 0 aromatic heterocycles. The normalized spacial score (nSPS) is 24.0. The third-order valence-corrected chi connectivity index (χ3v) is 6.77. The SMILES string of the molecule is O=S1(=O)CC[C@@H](N(CCCN2CCOCC2)Cc2cccc(F)c2)C1. The first-order chi connectivity index (χ1) is 12.0. The van der Waals surface area contributed by atoms with Gasteiger partial charge in [0.05, 0.1) is 24.7 Å². The lowest BCUT2D eigenvalue weighted by molar-refractivity contribution is 0.0354. The van der Waals surface area contributed by atoms with Crippen LogP contribution in [-0.2, 0) is 21.1 Å². The summed E-state index contributed by atoms with van der Waals surface area (Å²) < 4.78 is 42.6. The Hall–Kier alpha value is -1.02. The molecule has 25 heavy (non-hydrogen) atoms. The summed E-state index contributed by atoms with van der Waals surface area (Å²) in [4.78, 5) is 4.61. The van der Waals surface area contributed by atoms with Crippen molar-refractivity contribution in [2.45, 2.75) is 25.4 Å². The van der Waals surface area contributed by atoms with Crippen LogP contribution in [0.1, 0.15) is 18.4 Å². The summed E-state index contributed by atoms with van der Waals surface area (Å²) in [5.74, 6) is 0.241. The molecule has 2 aliphatic rings. The second-order valence-electron chi connectivity index (χ2n) is 6.96. The van der Waals surface area contributed by atoms with Crippen LogP contribution in [0.2, 0.25) is 0 Å². The molecule has 0 spiro atoms. The number of rotatable bonds is 7. The predicted molar refractivity (Wildman–Crippen MR) is 95.7 cm³/mol. The van der Waals surface area contributed by atoms with Gasteiger partial charge in [0, 0.05) is 32.2 Å². The highest BCUT2D eigenvalue weighted by atomic mass is 32.2. The maximum absolute atomic E-state index is 13.5. The van der Waals surface area contributed by atoms with Crippen LogP contribution in [0.15, 0.2) is 24.3 Å². The minimum absolute atomic E-state index is 0.0398. The van der Waals surface area contributed by atoms with Gasteiger partial charge in [-0.05, 0) is 37.1 Å². The molecule has 0 saturated carbocycles. The van der Waals surface area contributed by atoms with Gasteiger partial charge in [0.15, 0.2) is 9.84 Å². The van der Waals surface area contributed by atoms with Gasteiger partial charge in [0.1, 0.15) is 5.82 Å². The Balaban J connectivity index is 1.59. The van der Waals surface area contributed by atoms with Gasteiger partial charge in [-0.25, -0.2) is 12.8 Å². The van der Waals surface area contributed by atoms with Crippen molar-refractivity contribution in [3.05, 3.63) is 35.6 Å². The van der Waals surface area contributed by atoms with Gasteiger partial charge < -0.3 is 4.74 Å². The highest BCUT2D eigenvalue weighted by Crippen LogP contribution is 2.21. The first kappa shape index (κ1) is 18.8. The van der Waals surface area contributed by atoms with Crippen molar-refractivity contribution < 1.29 is 17.5 Å². The van der Waals surface area contributed by atoms with Crippen molar-refractivity contribution in [2.24, 2.45) is 0 Å². The fourth-order valence-corrected chi connectivity index (χ4v) is 5.41. The van der Waals surface area contributed by atoms with Crippen LogP contribution in [0.4, 0.5) is 4.39 Å².